The van der Waals surface area contributed by atoms with E-state index in [0.29, 0.717) is 67.6 Å². The first-order chi connectivity index (χ1) is 18.4. The maximum absolute atomic E-state index is 13.1. The van der Waals surface area contributed by atoms with E-state index in [-0.39, 0.29) is 36.4 Å². The van der Waals surface area contributed by atoms with Gasteiger partial charge in [0.15, 0.2) is 0 Å². The summed E-state index contributed by atoms with van der Waals surface area (Å²) in [4.78, 5) is 41.8. The molecule has 2 aromatic rings. The Bertz CT molecular complexity index is 1130. The molecule has 0 aromatic heterocycles. The van der Waals surface area contributed by atoms with Crippen LogP contribution in [0.3, 0.4) is 0 Å². The third-order valence-electron chi connectivity index (χ3n) is 7.35. The van der Waals surface area contributed by atoms with Crippen LogP contribution in [0.25, 0.3) is 0 Å². The number of anilines is 1. The Balaban J connectivity index is 1.17. The number of carbonyl (C=O) groups excluding carboxylic acids is 3. The number of halogens is 1. The molecule has 2 aliphatic rings. The summed E-state index contributed by atoms with van der Waals surface area (Å²) in [6.45, 7) is 3.12. The fourth-order valence-corrected chi connectivity index (χ4v) is 5.15. The maximum Gasteiger partial charge on any atom is 0.410 e. The summed E-state index contributed by atoms with van der Waals surface area (Å²) in [5.74, 6) is 0.467. The molecule has 3 amide bonds. The molecule has 204 valence electrons. The van der Waals surface area contributed by atoms with Gasteiger partial charge in [-0.3, -0.25) is 9.59 Å². The van der Waals surface area contributed by atoms with E-state index in [2.05, 4.69) is 5.32 Å². The van der Waals surface area contributed by atoms with Crippen LogP contribution in [0.2, 0.25) is 5.02 Å². The Labute approximate surface area is 228 Å². The van der Waals surface area contributed by atoms with Crippen molar-refractivity contribution < 1.29 is 23.9 Å². The van der Waals surface area contributed by atoms with Gasteiger partial charge in [0.25, 0.3) is 5.91 Å². The topological polar surface area (TPSA) is 114 Å². The van der Waals surface area contributed by atoms with Crippen molar-refractivity contribution in [2.75, 3.05) is 45.6 Å². The highest BCUT2D eigenvalue weighted by Gasteiger charge is 2.32. The minimum atomic E-state index is -0.332. The van der Waals surface area contributed by atoms with Gasteiger partial charge >= 0.3 is 6.09 Å². The van der Waals surface area contributed by atoms with E-state index >= 15 is 0 Å². The number of nitrogens with zero attached hydrogens (tertiary/aromatic N) is 2. The summed E-state index contributed by atoms with van der Waals surface area (Å²) in [7, 11) is 1.48. The lowest BCUT2D eigenvalue weighted by Crippen LogP contribution is -2.47. The van der Waals surface area contributed by atoms with Crippen LogP contribution >= 0.6 is 11.6 Å². The predicted octanol–water partition coefficient (Wildman–Crippen LogP) is 3.95. The summed E-state index contributed by atoms with van der Waals surface area (Å²) in [5.41, 5.74) is 7.44. The number of methoxy groups -OCH3 is 1. The van der Waals surface area contributed by atoms with Gasteiger partial charge < -0.3 is 30.3 Å². The molecule has 2 heterocycles. The number of benzene rings is 2. The van der Waals surface area contributed by atoms with Crippen LogP contribution in [0.4, 0.5) is 10.5 Å². The monoisotopic (exact) mass is 542 g/mol. The minimum Gasteiger partial charge on any atom is -0.496 e. The van der Waals surface area contributed by atoms with Crippen LogP contribution in [0, 0.1) is 11.8 Å². The van der Waals surface area contributed by atoms with E-state index in [1.807, 2.05) is 35.2 Å². The van der Waals surface area contributed by atoms with E-state index in [4.69, 9.17) is 26.8 Å². The number of ether oxygens (including phenoxy) is 2. The van der Waals surface area contributed by atoms with Crippen LogP contribution in [-0.4, -0.2) is 67.5 Å². The Morgan fingerprint density at radius 1 is 1.00 bits per heavy atom. The fourth-order valence-electron chi connectivity index (χ4n) is 4.98. The zero-order valence-corrected chi connectivity index (χ0v) is 22.4. The van der Waals surface area contributed by atoms with Crippen LogP contribution in [-0.2, 0) is 16.1 Å². The molecule has 0 aliphatic carbocycles. The Morgan fingerprint density at radius 3 is 2.32 bits per heavy atom. The summed E-state index contributed by atoms with van der Waals surface area (Å²) in [6.07, 6.45) is 2.58. The first-order valence-corrected chi connectivity index (χ1v) is 13.4. The molecular formula is C28H35ClN4O5. The quantitative estimate of drug-likeness (QED) is 0.512. The lowest BCUT2D eigenvalue weighted by atomic mass is 9.92. The average molecular weight is 543 g/mol. The van der Waals surface area contributed by atoms with Gasteiger partial charge in [-0.05, 0) is 43.2 Å². The van der Waals surface area contributed by atoms with E-state index in [1.54, 1.807) is 11.0 Å². The zero-order chi connectivity index (χ0) is 27.1. The Hall–Kier alpha value is -3.46. The summed E-state index contributed by atoms with van der Waals surface area (Å²) >= 11 is 6.08. The number of hydrogen-bond donors (Lipinski definition) is 2. The number of piperidine rings is 2. The molecule has 2 aromatic carbocycles. The molecule has 2 aliphatic heterocycles. The Kier molecular flexibility index (Phi) is 9.33. The van der Waals surface area contributed by atoms with E-state index in [9.17, 15) is 14.4 Å². The highest BCUT2D eigenvalue weighted by molar-refractivity contribution is 6.33. The lowest BCUT2D eigenvalue weighted by molar-refractivity contribution is -0.138. The summed E-state index contributed by atoms with van der Waals surface area (Å²) in [5, 5.41) is 3.27. The van der Waals surface area contributed by atoms with Crippen molar-refractivity contribution in [1.82, 2.24) is 15.1 Å². The molecule has 0 saturated carbocycles. The predicted molar refractivity (Wildman–Crippen MR) is 145 cm³/mol. The standard InChI is InChI=1S/C28H35ClN4O5/c1-37-25-16-24(30)23(29)15-22(25)26(34)31-17-19-7-11-32(12-8-19)27(35)21-9-13-33(14-10-21)28(36)38-18-20-5-3-2-4-6-20/h2-6,15-16,19,21H,7-14,17-18,30H2,1H3,(H,31,34). The molecular weight excluding hydrogens is 508 g/mol. The highest BCUT2D eigenvalue weighted by Crippen LogP contribution is 2.29. The van der Waals surface area contributed by atoms with Crippen molar-refractivity contribution in [3.05, 3.63) is 58.6 Å². The molecule has 0 atom stereocenters. The smallest absolute Gasteiger partial charge is 0.410 e. The van der Waals surface area contributed by atoms with Gasteiger partial charge in [-0.25, -0.2) is 4.79 Å². The molecule has 4 rings (SSSR count). The molecule has 3 N–H and O–H groups in total. The van der Waals surface area contributed by atoms with Gasteiger partial charge in [0, 0.05) is 44.7 Å². The minimum absolute atomic E-state index is 0.0767. The van der Waals surface area contributed by atoms with Crippen molar-refractivity contribution in [1.29, 1.82) is 0 Å². The van der Waals surface area contributed by atoms with Gasteiger partial charge in [0.1, 0.15) is 12.4 Å². The third-order valence-corrected chi connectivity index (χ3v) is 7.68. The van der Waals surface area contributed by atoms with Crippen molar-refractivity contribution in [2.24, 2.45) is 11.8 Å². The van der Waals surface area contributed by atoms with Gasteiger partial charge in [-0.15, -0.1) is 0 Å². The molecule has 0 unspecified atom stereocenters. The largest absolute Gasteiger partial charge is 0.496 e. The number of carbonyl (C=O) groups is 3. The number of rotatable bonds is 7. The van der Waals surface area contributed by atoms with Crippen molar-refractivity contribution in [3.63, 3.8) is 0 Å². The Morgan fingerprint density at radius 2 is 1.66 bits per heavy atom. The molecule has 38 heavy (non-hydrogen) atoms. The van der Waals surface area contributed by atoms with Crippen LogP contribution in [0.15, 0.2) is 42.5 Å². The summed E-state index contributed by atoms with van der Waals surface area (Å²) in [6, 6.07) is 12.6. The number of likely N-dealkylation sites (tertiary alicyclic amines) is 2. The van der Waals surface area contributed by atoms with Gasteiger partial charge in [-0.2, -0.15) is 0 Å². The first-order valence-electron chi connectivity index (χ1n) is 13.0. The van der Waals surface area contributed by atoms with Crippen LogP contribution < -0.4 is 15.8 Å². The average Bonchev–Trinajstić information content (AvgIpc) is 2.96. The van der Waals surface area contributed by atoms with Crippen molar-refractivity contribution >= 4 is 35.2 Å². The summed E-state index contributed by atoms with van der Waals surface area (Å²) < 4.78 is 10.7. The zero-order valence-electron chi connectivity index (χ0n) is 21.7. The number of nitrogens with one attached hydrogen (secondary N) is 1. The second-order valence-electron chi connectivity index (χ2n) is 9.85. The second-order valence-corrected chi connectivity index (χ2v) is 10.3. The van der Waals surface area contributed by atoms with Crippen LogP contribution in [0.1, 0.15) is 41.6 Å². The molecule has 0 bridgehead atoms. The SMILES string of the molecule is COc1cc(N)c(Cl)cc1C(=O)NCC1CCN(C(=O)C2CCN(C(=O)OCc3ccccc3)CC2)CC1. The van der Waals surface area contributed by atoms with Crippen LogP contribution in [0.5, 0.6) is 5.75 Å². The molecule has 2 saturated heterocycles. The fraction of sp³-hybridized carbons (Fsp3) is 0.464. The molecule has 0 radical (unpaired) electrons. The van der Waals surface area contributed by atoms with Crippen molar-refractivity contribution in [3.8, 4) is 5.75 Å². The molecule has 9 nitrogen and oxygen atoms in total. The molecule has 2 fully saturated rings. The van der Waals surface area contributed by atoms with Gasteiger partial charge in [0.05, 0.1) is 23.4 Å². The molecule has 0 spiro atoms. The van der Waals surface area contributed by atoms with Gasteiger partial charge in [0.2, 0.25) is 5.91 Å². The number of nitrogens with two attached hydrogens (primary N) is 1. The van der Waals surface area contributed by atoms with E-state index in [0.717, 1.165) is 18.4 Å². The van der Waals surface area contributed by atoms with E-state index in [1.165, 1.54) is 13.2 Å². The number of hydrogen-bond acceptors (Lipinski definition) is 6. The third kappa shape index (κ3) is 6.89. The highest BCUT2D eigenvalue weighted by atomic mass is 35.5. The molecule has 10 heteroatoms. The number of amides is 3. The van der Waals surface area contributed by atoms with E-state index < -0.39 is 0 Å². The lowest BCUT2D eigenvalue weighted by Gasteiger charge is -2.37. The normalized spacial score (nSPS) is 16.7. The van der Waals surface area contributed by atoms with Gasteiger partial charge in [-0.1, -0.05) is 41.9 Å². The number of nitrogen functional groups attached to an aromatic ring is 1. The first kappa shape index (κ1) is 27.6. The van der Waals surface area contributed by atoms with Crippen molar-refractivity contribution in [2.45, 2.75) is 32.3 Å². The second kappa shape index (κ2) is 12.9. The maximum atomic E-state index is 13.1.